The van der Waals surface area contributed by atoms with E-state index in [-0.39, 0.29) is 4.90 Å². The normalized spacial score (nSPS) is 11.4. The molecule has 2 aromatic rings. The van der Waals surface area contributed by atoms with Gasteiger partial charge in [0.05, 0.1) is 4.90 Å². The molecule has 112 valence electrons. The van der Waals surface area contributed by atoms with Crippen LogP contribution in [0.4, 0.5) is 17.1 Å². The van der Waals surface area contributed by atoms with E-state index < -0.39 is 10.0 Å². The minimum atomic E-state index is -3.82. The Hall–Kier alpha value is -1.57. The Kier molecular flexibility index (Phi) is 4.27. The Morgan fingerprint density at radius 2 is 1.76 bits per heavy atom. The maximum Gasteiger partial charge on any atom is 0.238 e. The fourth-order valence-electron chi connectivity index (χ4n) is 2.10. The van der Waals surface area contributed by atoms with Crippen LogP contribution in [0.2, 0.25) is 0 Å². The molecule has 0 saturated heterocycles. The van der Waals surface area contributed by atoms with Crippen LogP contribution < -0.4 is 16.2 Å². The number of rotatable bonds is 3. The number of sulfonamides is 1. The molecule has 0 bridgehead atoms. The molecule has 0 fully saturated rings. The van der Waals surface area contributed by atoms with Gasteiger partial charge < -0.3 is 11.1 Å². The second-order valence-corrected chi connectivity index (χ2v) is 7.32. The lowest BCUT2D eigenvalue weighted by Crippen LogP contribution is -2.15. The first-order chi connectivity index (χ1) is 9.66. The van der Waals surface area contributed by atoms with E-state index in [4.69, 9.17) is 10.9 Å². The van der Waals surface area contributed by atoms with Crippen molar-refractivity contribution in [3.8, 4) is 0 Å². The Morgan fingerprint density at radius 1 is 1.10 bits per heavy atom. The van der Waals surface area contributed by atoms with Gasteiger partial charge in [0.15, 0.2) is 0 Å². The van der Waals surface area contributed by atoms with Crippen LogP contribution in [0.1, 0.15) is 11.1 Å². The van der Waals surface area contributed by atoms with Gasteiger partial charge in [0.2, 0.25) is 10.0 Å². The summed E-state index contributed by atoms with van der Waals surface area (Å²) in [4.78, 5) is 0.0247. The molecule has 5 nitrogen and oxygen atoms in total. The topological polar surface area (TPSA) is 98.2 Å². The van der Waals surface area contributed by atoms with Crippen molar-refractivity contribution in [2.75, 3.05) is 11.1 Å². The number of benzene rings is 2. The summed E-state index contributed by atoms with van der Waals surface area (Å²) in [7, 11) is -3.82. The third kappa shape index (κ3) is 3.75. The van der Waals surface area contributed by atoms with Crippen molar-refractivity contribution >= 4 is 43.0 Å². The minimum Gasteiger partial charge on any atom is -0.399 e. The Labute approximate surface area is 132 Å². The molecule has 5 N–H and O–H groups in total. The molecular formula is C14H16BrN3O2S. The fourth-order valence-corrected chi connectivity index (χ4v) is 3.54. The number of nitrogens with two attached hydrogens (primary N) is 2. The van der Waals surface area contributed by atoms with Gasteiger partial charge in [-0.1, -0.05) is 15.9 Å². The zero-order valence-corrected chi connectivity index (χ0v) is 14.0. The van der Waals surface area contributed by atoms with Crippen molar-refractivity contribution < 1.29 is 8.42 Å². The fraction of sp³-hybridized carbons (Fsp3) is 0.143. The summed E-state index contributed by atoms with van der Waals surface area (Å²) >= 11 is 3.42. The van der Waals surface area contributed by atoms with Gasteiger partial charge >= 0.3 is 0 Å². The minimum absolute atomic E-state index is 0.0247. The van der Waals surface area contributed by atoms with Crippen molar-refractivity contribution in [2.24, 2.45) is 5.14 Å². The van der Waals surface area contributed by atoms with E-state index in [0.717, 1.165) is 15.7 Å². The highest BCUT2D eigenvalue weighted by Crippen LogP contribution is 2.30. The van der Waals surface area contributed by atoms with Crippen molar-refractivity contribution in [1.82, 2.24) is 0 Å². The zero-order valence-electron chi connectivity index (χ0n) is 11.6. The standard InChI is InChI=1S/C14H16BrN3O2S/c1-8-3-10(15)5-12(4-8)18-13-6-11(16)7-14(9(13)2)21(17,19)20/h3-7,18H,16H2,1-2H3,(H2,17,19,20). The first kappa shape index (κ1) is 15.8. The summed E-state index contributed by atoms with van der Waals surface area (Å²) in [5.41, 5.74) is 9.14. The van der Waals surface area contributed by atoms with Gasteiger partial charge in [-0.05, 0) is 55.3 Å². The molecule has 7 heteroatoms. The van der Waals surface area contributed by atoms with E-state index in [1.807, 2.05) is 25.1 Å². The van der Waals surface area contributed by atoms with Gasteiger partial charge in [-0.3, -0.25) is 0 Å². The summed E-state index contributed by atoms with van der Waals surface area (Å²) in [6, 6.07) is 8.87. The molecule has 0 unspecified atom stereocenters. The van der Waals surface area contributed by atoms with Gasteiger partial charge in [-0.2, -0.15) is 0 Å². The molecule has 0 atom stereocenters. The highest BCUT2D eigenvalue weighted by molar-refractivity contribution is 9.10. The van der Waals surface area contributed by atoms with Crippen LogP contribution in [0.25, 0.3) is 0 Å². The van der Waals surface area contributed by atoms with Crippen molar-refractivity contribution in [2.45, 2.75) is 18.7 Å². The largest absolute Gasteiger partial charge is 0.399 e. The van der Waals surface area contributed by atoms with Crippen molar-refractivity contribution in [3.63, 3.8) is 0 Å². The monoisotopic (exact) mass is 369 g/mol. The second-order valence-electron chi connectivity index (χ2n) is 4.88. The molecule has 0 spiro atoms. The van der Waals surface area contributed by atoms with Gasteiger partial charge in [0.25, 0.3) is 0 Å². The number of hydrogen-bond donors (Lipinski definition) is 3. The van der Waals surface area contributed by atoms with Crippen LogP contribution in [-0.2, 0) is 10.0 Å². The van der Waals surface area contributed by atoms with Crippen LogP contribution in [0.5, 0.6) is 0 Å². The Bertz CT molecular complexity index is 784. The molecule has 0 aliphatic carbocycles. The van der Waals surface area contributed by atoms with Crippen LogP contribution in [0.15, 0.2) is 39.7 Å². The summed E-state index contributed by atoms with van der Waals surface area (Å²) in [5, 5.41) is 8.40. The molecule has 2 aromatic carbocycles. The molecule has 2 rings (SSSR count). The summed E-state index contributed by atoms with van der Waals surface area (Å²) in [5.74, 6) is 0. The van der Waals surface area contributed by atoms with Crippen molar-refractivity contribution in [3.05, 3.63) is 45.9 Å². The van der Waals surface area contributed by atoms with E-state index >= 15 is 0 Å². The first-order valence-corrected chi connectivity index (χ1v) is 8.48. The predicted molar refractivity (Wildman–Crippen MR) is 89.1 cm³/mol. The van der Waals surface area contributed by atoms with E-state index in [0.29, 0.717) is 16.9 Å². The molecule has 0 heterocycles. The highest BCUT2D eigenvalue weighted by Gasteiger charge is 2.15. The van der Waals surface area contributed by atoms with E-state index in [1.165, 1.54) is 6.07 Å². The third-order valence-corrected chi connectivity index (χ3v) is 4.50. The molecular weight excluding hydrogens is 354 g/mol. The number of nitrogen functional groups attached to an aromatic ring is 1. The highest BCUT2D eigenvalue weighted by atomic mass is 79.9. The smallest absolute Gasteiger partial charge is 0.238 e. The number of anilines is 3. The van der Waals surface area contributed by atoms with Crippen LogP contribution in [0, 0.1) is 13.8 Å². The maximum absolute atomic E-state index is 11.6. The number of aryl methyl sites for hydroxylation is 1. The predicted octanol–water partition coefficient (Wildman–Crippen LogP) is 3.04. The quantitative estimate of drug-likeness (QED) is 0.724. The first-order valence-electron chi connectivity index (χ1n) is 6.14. The molecule has 0 aliphatic heterocycles. The lowest BCUT2D eigenvalue weighted by molar-refractivity contribution is 0.597. The maximum atomic E-state index is 11.6. The SMILES string of the molecule is Cc1cc(Br)cc(Nc2cc(N)cc(S(N)(=O)=O)c2C)c1. The molecule has 0 aliphatic rings. The van der Waals surface area contributed by atoms with Crippen molar-refractivity contribution in [1.29, 1.82) is 0 Å². The van der Waals surface area contributed by atoms with E-state index in [2.05, 4.69) is 21.2 Å². The average Bonchev–Trinajstić information content (AvgIpc) is 2.30. The molecule has 0 radical (unpaired) electrons. The lowest BCUT2D eigenvalue weighted by atomic mass is 10.1. The number of primary sulfonamides is 1. The Balaban J connectivity index is 2.52. The molecule has 0 saturated carbocycles. The summed E-state index contributed by atoms with van der Waals surface area (Å²) in [6.45, 7) is 3.66. The summed E-state index contributed by atoms with van der Waals surface area (Å²) < 4.78 is 24.1. The van der Waals surface area contributed by atoms with Gasteiger partial charge in [-0.25, -0.2) is 13.6 Å². The summed E-state index contributed by atoms with van der Waals surface area (Å²) in [6.07, 6.45) is 0. The van der Waals surface area contributed by atoms with Crippen LogP contribution >= 0.6 is 15.9 Å². The number of nitrogens with one attached hydrogen (secondary N) is 1. The van der Waals surface area contributed by atoms with E-state index in [9.17, 15) is 8.42 Å². The lowest BCUT2D eigenvalue weighted by Gasteiger charge is -2.14. The molecule has 0 aromatic heterocycles. The Morgan fingerprint density at radius 3 is 2.33 bits per heavy atom. The average molecular weight is 370 g/mol. The zero-order chi connectivity index (χ0) is 15.8. The third-order valence-electron chi connectivity index (χ3n) is 3.01. The van der Waals surface area contributed by atoms with Gasteiger partial charge in [0, 0.05) is 21.5 Å². The van der Waals surface area contributed by atoms with Gasteiger partial charge in [-0.15, -0.1) is 0 Å². The second kappa shape index (κ2) is 5.67. The van der Waals surface area contributed by atoms with E-state index in [1.54, 1.807) is 13.0 Å². The van der Waals surface area contributed by atoms with Crippen LogP contribution in [0.3, 0.4) is 0 Å². The van der Waals surface area contributed by atoms with Gasteiger partial charge in [0.1, 0.15) is 0 Å². The number of hydrogen-bond acceptors (Lipinski definition) is 4. The molecule has 21 heavy (non-hydrogen) atoms. The van der Waals surface area contributed by atoms with Crippen LogP contribution in [-0.4, -0.2) is 8.42 Å². The molecule has 0 amide bonds. The number of halogens is 1.